The molecule has 0 aromatic carbocycles. The Bertz CT molecular complexity index is 168. The summed E-state index contributed by atoms with van der Waals surface area (Å²) in [5.41, 5.74) is 0. The number of piperidine rings is 1. The molecular formula is C10H15N. The second kappa shape index (κ2) is 2.87. The summed E-state index contributed by atoms with van der Waals surface area (Å²) in [5, 5.41) is 0. The van der Waals surface area contributed by atoms with Crippen molar-refractivity contribution in [2.45, 2.75) is 19.3 Å². The number of hydrogen-bond acceptors (Lipinski definition) is 1. The predicted molar refractivity (Wildman–Crippen MR) is 46.1 cm³/mol. The molecule has 2 unspecified atom stereocenters. The lowest BCUT2D eigenvalue weighted by molar-refractivity contribution is 0.187. The topological polar surface area (TPSA) is 3.24 Å². The zero-order valence-electron chi connectivity index (χ0n) is 6.92. The van der Waals surface area contributed by atoms with Gasteiger partial charge in [0.2, 0.25) is 0 Å². The molecule has 2 atom stereocenters. The molecule has 0 N–H and O–H groups in total. The first-order valence-electron chi connectivity index (χ1n) is 4.54. The molecule has 11 heavy (non-hydrogen) atoms. The molecule has 2 aliphatic rings. The molecule has 2 bridgehead atoms. The first-order valence-corrected chi connectivity index (χ1v) is 4.54. The second-order valence-electron chi connectivity index (χ2n) is 3.94. The van der Waals surface area contributed by atoms with E-state index in [0.717, 1.165) is 18.4 Å². The highest BCUT2D eigenvalue weighted by atomic mass is 15.1. The van der Waals surface area contributed by atoms with Crippen LogP contribution in [-0.2, 0) is 0 Å². The van der Waals surface area contributed by atoms with Gasteiger partial charge in [0.1, 0.15) is 0 Å². The highest BCUT2D eigenvalue weighted by Gasteiger charge is 2.31. The third kappa shape index (κ3) is 1.41. The minimum absolute atomic E-state index is 0.868. The average molecular weight is 149 g/mol. The minimum Gasteiger partial charge on any atom is -0.292 e. The summed E-state index contributed by atoms with van der Waals surface area (Å²) in [4.78, 5) is 2.44. The van der Waals surface area contributed by atoms with E-state index >= 15 is 0 Å². The van der Waals surface area contributed by atoms with E-state index in [2.05, 4.69) is 10.8 Å². The maximum atomic E-state index is 5.28. The van der Waals surface area contributed by atoms with Crippen LogP contribution in [-0.4, -0.2) is 24.5 Å². The molecule has 2 rings (SSSR count). The fourth-order valence-electron chi connectivity index (χ4n) is 2.57. The summed E-state index contributed by atoms with van der Waals surface area (Å²) in [7, 11) is 0. The monoisotopic (exact) mass is 149 g/mol. The van der Waals surface area contributed by atoms with Crippen LogP contribution in [0.15, 0.2) is 0 Å². The van der Waals surface area contributed by atoms with Gasteiger partial charge in [0.25, 0.3) is 0 Å². The molecule has 0 aromatic heterocycles. The fourth-order valence-corrected chi connectivity index (χ4v) is 2.57. The van der Waals surface area contributed by atoms with Crippen LogP contribution in [0.5, 0.6) is 0 Å². The van der Waals surface area contributed by atoms with Crippen LogP contribution in [0, 0.1) is 24.2 Å². The zero-order chi connectivity index (χ0) is 7.68. The van der Waals surface area contributed by atoms with E-state index in [1.165, 1.54) is 32.4 Å². The van der Waals surface area contributed by atoms with Gasteiger partial charge in [-0.2, -0.15) is 0 Å². The number of likely N-dealkylation sites (tertiary alicyclic amines) is 1. The van der Waals surface area contributed by atoms with Gasteiger partial charge < -0.3 is 0 Å². The Labute approximate surface area is 68.8 Å². The summed E-state index contributed by atoms with van der Waals surface area (Å²) in [6.07, 6.45) is 9.65. The summed E-state index contributed by atoms with van der Waals surface area (Å²) < 4.78 is 0. The van der Waals surface area contributed by atoms with Gasteiger partial charge in [-0.25, -0.2) is 0 Å². The third-order valence-corrected chi connectivity index (χ3v) is 3.00. The van der Waals surface area contributed by atoms with E-state index in [9.17, 15) is 0 Å². The van der Waals surface area contributed by atoms with Crippen LogP contribution < -0.4 is 0 Å². The number of terminal acetylenes is 1. The van der Waals surface area contributed by atoms with Crippen molar-refractivity contribution in [3.05, 3.63) is 0 Å². The van der Waals surface area contributed by atoms with Crippen LogP contribution in [0.4, 0.5) is 0 Å². The molecule has 1 aliphatic heterocycles. The highest BCUT2D eigenvalue weighted by molar-refractivity contribution is 4.93. The van der Waals surface area contributed by atoms with E-state index in [1.807, 2.05) is 0 Å². The van der Waals surface area contributed by atoms with Crippen molar-refractivity contribution >= 4 is 0 Å². The quantitative estimate of drug-likeness (QED) is 0.509. The second-order valence-corrected chi connectivity index (χ2v) is 3.94. The SMILES string of the molecule is C#CCN1CC2CCC(C2)C1. The van der Waals surface area contributed by atoms with Crippen molar-refractivity contribution in [3.63, 3.8) is 0 Å². The van der Waals surface area contributed by atoms with Gasteiger partial charge in [0.15, 0.2) is 0 Å². The van der Waals surface area contributed by atoms with Crippen LogP contribution in [0.1, 0.15) is 19.3 Å². The molecule has 1 saturated carbocycles. The largest absolute Gasteiger partial charge is 0.292 e. The van der Waals surface area contributed by atoms with Crippen molar-refractivity contribution in [1.82, 2.24) is 4.90 Å². The normalized spacial score (nSPS) is 37.0. The van der Waals surface area contributed by atoms with Gasteiger partial charge in [-0.1, -0.05) is 5.92 Å². The minimum atomic E-state index is 0.868. The number of fused-ring (bicyclic) bond motifs is 2. The standard InChI is InChI=1S/C10H15N/c1-2-5-11-7-9-3-4-10(6-9)8-11/h1,9-10H,3-8H2. The van der Waals surface area contributed by atoms with E-state index < -0.39 is 0 Å². The Kier molecular flexibility index (Phi) is 1.87. The average Bonchev–Trinajstić information content (AvgIpc) is 2.32. The van der Waals surface area contributed by atoms with Crippen molar-refractivity contribution in [1.29, 1.82) is 0 Å². The van der Waals surface area contributed by atoms with Crippen LogP contribution >= 0.6 is 0 Å². The molecule has 1 saturated heterocycles. The van der Waals surface area contributed by atoms with Crippen molar-refractivity contribution in [2.24, 2.45) is 11.8 Å². The van der Waals surface area contributed by atoms with Gasteiger partial charge in [-0.05, 0) is 31.1 Å². The number of nitrogens with zero attached hydrogens (tertiary/aromatic N) is 1. The summed E-state index contributed by atoms with van der Waals surface area (Å²) in [5.74, 6) is 4.68. The maximum absolute atomic E-state index is 5.28. The number of hydrogen-bond donors (Lipinski definition) is 0. The zero-order valence-corrected chi connectivity index (χ0v) is 6.92. The molecule has 1 nitrogen and oxygen atoms in total. The van der Waals surface area contributed by atoms with Gasteiger partial charge in [0, 0.05) is 13.1 Å². The van der Waals surface area contributed by atoms with Crippen LogP contribution in [0.25, 0.3) is 0 Å². The lowest BCUT2D eigenvalue weighted by Crippen LogP contribution is -2.36. The molecule has 2 fully saturated rings. The van der Waals surface area contributed by atoms with Gasteiger partial charge in [-0.3, -0.25) is 4.90 Å². The van der Waals surface area contributed by atoms with Gasteiger partial charge in [0.05, 0.1) is 6.54 Å². The Morgan fingerprint density at radius 1 is 1.27 bits per heavy atom. The summed E-state index contributed by atoms with van der Waals surface area (Å²) >= 11 is 0. The molecule has 1 heteroatoms. The van der Waals surface area contributed by atoms with Gasteiger partial charge in [-0.15, -0.1) is 6.42 Å². The summed E-state index contributed by atoms with van der Waals surface area (Å²) in [6, 6.07) is 0. The van der Waals surface area contributed by atoms with Gasteiger partial charge >= 0.3 is 0 Å². The molecule has 0 spiro atoms. The van der Waals surface area contributed by atoms with E-state index in [-0.39, 0.29) is 0 Å². The molecule has 1 aliphatic carbocycles. The third-order valence-electron chi connectivity index (χ3n) is 3.00. The lowest BCUT2D eigenvalue weighted by Gasteiger charge is -2.29. The highest BCUT2D eigenvalue weighted by Crippen LogP contribution is 2.35. The number of rotatable bonds is 1. The lowest BCUT2D eigenvalue weighted by atomic mass is 9.99. The predicted octanol–water partition coefficient (Wildman–Crippen LogP) is 1.35. The molecular weight excluding hydrogens is 134 g/mol. The molecule has 0 radical (unpaired) electrons. The Morgan fingerprint density at radius 2 is 1.91 bits per heavy atom. The maximum Gasteiger partial charge on any atom is 0.0599 e. The Morgan fingerprint density at radius 3 is 2.45 bits per heavy atom. The van der Waals surface area contributed by atoms with Crippen molar-refractivity contribution < 1.29 is 0 Å². The van der Waals surface area contributed by atoms with Crippen LogP contribution in [0.2, 0.25) is 0 Å². The molecule has 0 aromatic rings. The Hall–Kier alpha value is -0.480. The van der Waals surface area contributed by atoms with E-state index in [0.29, 0.717) is 0 Å². The Balaban J connectivity index is 1.93. The van der Waals surface area contributed by atoms with E-state index in [4.69, 9.17) is 6.42 Å². The molecule has 1 heterocycles. The summed E-state index contributed by atoms with van der Waals surface area (Å²) in [6.45, 7) is 3.40. The van der Waals surface area contributed by atoms with Crippen molar-refractivity contribution in [3.8, 4) is 12.3 Å². The van der Waals surface area contributed by atoms with E-state index in [1.54, 1.807) is 0 Å². The first kappa shape index (κ1) is 7.18. The van der Waals surface area contributed by atoms with Crippen molar-refractivity contribution in [2.75, 3.05) is 19.6 Å². The molecule has 0 amide bonds. The first-order chi connectivity index (χ1) is 5.38. The van der Waals surface area contributed by atoms with Crippen LogP contribution in [0.3, 0.4) is 0 Å². The smallest absolute Gasteiger partial charge is 0.0599 e. The molecule has 60 valence electrons. The fraction of sp³-hybridized carbons (Fsp3) is 0.800.